The molecule has 31 heavy (non-hydrogen) atoms. The Hall–Kier alpha value is -1.85. The van der Waals surface area contributed by atoms with Crippen LogP contribution in [0.3, 0.4) is 0 Å². The van der Waals surface area contributed by atoms with Gasteiger partial charge >= 0.3 is 0 Å². The molecule has 0 unspecified atom stereocenters. The van der Waals surface area contributed by atoms with E-state index in [0.29, 0.717) is 0 Å². The highest BCUT2D eigenvalue weighted by molar-refractivity contribution is 5.42. The molecule has 0 spiro atoms. The van der Waals surface area contributed by atoms with Crippen LogP contribution < -0.4 is 0 Å². The van der Waals surface area contributed by atoms with E-state index in [2.05, 4.69) is 34.2 Å². The van der Waals surface area contributed by atoms with Crippen LogP contribution in [0.25, 0.3) is 0 Å². The van der Waals surface area contributed by atoms with Crippen LogP contribution in [0, 0.1) is 11.2 Å². The van der Waals surface area contributed by atoms with Gasteiger partial charge in [0.15, 0.2) is 0 Å². The first-order valence-electron chi connectivity index (χ1n) is 12.0. The van der Waals surface area contributed by atoms with Gasteiger partial charge in [0, 0.05) is 42.2 Å². The first kappa shape index (κ1) is 21.0. The predicted molar refractivity (Wildman–Crippen MR) is 119 cm³/mol. The zero-order valence-corrected chi connectivity index (χ0v) is 18.7. The number of hydrogen-bond acceptors (Lipinski definition) is 4. The summed E-state index contributed by atoms with van der Waals surface area (Å²) in [4.78, 5) is 11.7. The number of ether oxygens (including phenoxy) is 1. The van der Waals surface area contributed by atoms with E-state index < -0.39 is 0 Å². The van der Waals surface area contributed by atoms with Crippen LogP contribution >= 0.6 is 0 Å². The maximum Gasteiger partial charge on any atom is 0.141 e. The number of hydrogen-bond donors (Lipinski definition) is 0. The molecule has 1 atom stereocenters. The van der Waals surface area contributed by atoms with Gasteiger partial charge in [-0.1, -0.05) is 0 Å². The molecule has 1 saturated carbocycles. The average Bonchev–Trinajstić information content (AvgIpc) is 3.51. The van der Waals surface area contributed by atoms with Crippen LogP contribution in [0.5, 0.6) is 0 Å². The Bertz CT molecular complexity index is 911. The van der Waals surface area contributed by atoms with E-state index in [9.17, 15) is 4.39 Å². The lowest BCUT2D eigenvalue weighted by molar-refractivity contribution is 0.0441. The summed E-state index contributed by atoms with van der Waals surface area (Å²) >= 11 is 0. The van der Waals surface area contributed by atoms with Crippen molar-refractivity contribution in [1.29, 1.82) is 0 Å². The Morgan fingerprint density at radius 1 is 1.10 bits per heavy atom. The monoisotopic (exact) mass is 423 g/mol. The molecule has 2 fully saturated rings. The molecule has 1 aliphatic heterocycles. The van der Waals surface area contributed by atoms with Crippen molar-refractivity contribution in [3.63, 3.8) is 0 Å². The number of aromatic nitrogens is 2. The summed E-state index contributed by atoms with van der Waals surface area (Å²) < 4.78 is 19.2. The summed E-state index contributed by atoms with van der Waals surface area (Å²) in [5.41, 5.74) is 5.89. The van der Waals surface area contributed by atoms with Gasteiger partial charge in [-0.3, -0.25) is 14.9 Å². The molecule has 2 aromatic heterocycles. The Morgan fingerprint density at radius 2 is 1.97 bits per heavy atom. The van der Waals surface area contributed by atoms with Crippen LogP contribution in [-0.2, 0) is 29.5 Å². The zero-order valence-electron chi connectivity index (χ0n) is 18.7. The number of pyridine rings is 2. The summed E-state index contributed by atoms with van der Waals surface area (Å²) in [7, 11) is 0. The smallest absolute Gasteiger partial charge is 0.141 e. The summed E-state index contributed by atoms with van der Waals surface area (Å²) in [5, 5.41) is 0. The first-order valence-corrected chi connectivity index (χ1v) is 12.0. The second kappa shape index (κ2) is 8.59. The van der Waals surface area contributed by atoms with Crippen molar-refractivity contribution in [3.05, 3.63) is 58.9 Å². The first-order chi connectivity index (χ1) is 15.1. The van der Waals surface area contributed by atoms with Gasteiger partial charge in [-0.2, -0.15) is 0 Å². The minimum atomic E-state index is -0.268. The lowest BCUT2D eigenvalue weighted by atomic mass is 9.82. The number of aryl methyl sites for hydroxylation is 2. The van der Waals surface area contributed by atoms with E-state index in [-0.39, 0.29) is 16.8 Å². The molecule has 166 valence electrons. The highest BCUT2D eigenvalue weighted by atomic mass is 19.1. The Balaban J connectivity index is 1.35. The van der Waals surface area contributed by atoms with Crippen molar-refractivity contribution >= 4 is 0 Å². The summed E-state index contributed by atoms with van der Waals surface area (Å²) in [6.45, 7) is 5.80. The van der Waals surface area contributed by atoms with Crippen LogP contribution in [0.1, 0.15) is 67.8 Å². The number of fused-ring (bicyclic) bond motifs is 1. The van der Waals surface area contributed by atoms with Gasteiger partial charge in [-0.25, -0.2) is 4.39 Å². The van der Waals surface area contributed by atoms with Crippen molar-refractivity contribution in [2.24, 2.45) is 5.41 Å². The molecule has 0 N–H and O–H groups in total. The average molecular weight is 424 g/mol. The quantitative estimate of drug-likeness (QED) is 0.609. The summed E-state index contributed by atoms with van der Waals surface area (Å²) in [6, 6.07) is 3.34. The molecule has 3 aliphatic rings. The van der Waals surface area contributed by atoms with Crippen LogP contribution in [0.4, 0.5) is 4.39 Å². The van der Waals surface area contributed by atoms with Crippen molar-refractivity contribution < 1.29 is 9.13 Å². The molecular formula is C26H34FN3O. The molecule has 0 amide bonds. The molecule has 0 aromatic carbocycles. The fourth-order valence-electron chi connectivity index (χ4n) is 5.89. The predicted octanol–water partition coefficient (Wildman–Crippen LogP) is 4.85. The fourth-order valence-corrected chi connectivity index (χ4v) is 5.89. The topological polar surface area (TPSA) is 38.2 Å². The molecule has 5 rings (SSSR count). The fraction of sp³-hybridized carbons (Fsp3) is 0.615. The lowest BCUT2D eigenvalue weighted by Gasteiger charge is -2.34. The van der Waals surface area contributed by atoms with Gasteiger partial charge in [0.25, 0.3) is 0 Å². The molecule has 3 heterocycles. The normalized spacial score (nSPS) is 24.8. The van der Waals surface area contributed by atoms with E-state index in [0.717, 1.165) is 51.3 Å². The number of rotatable bonds is 8. The minimum absolute atomic E-state index is 0.143. The van der Waals surface area contributed by atoms with Gasteiger partial charge in [0.2, 0.25) is 0 Å². The van der Waals surface area contributed by atoms with Crippen LogP contribution in [0.15, 0.2) is 30.7 Å². The standard InChI is InChI=1S/C26H34FN3O/c1-2-31-19-25(10-9-22-8-7-21(27)16-29-22)13-14-30(18-25)26(11-12-26)24-17-28-15-20-5-3-4-6-23(20)24/h7-8,15-17H,2-6,9-14,18-19H2,1H3/t25-/m0/s1. The third-order valence-electron chi connectivity index (χ3n) is 7.85. The van der Waals surface area contributed by atoms with Crippen LogP contribution in [-0.4, -0.2) is 41.2 Å². The zero-order chi connectivity index (χ0) is 21.3. The van der Waals surface area contributed by atoms with Crippen molar-refractivity contribution in [3.8, 4) is 0 Å². The van der Waals surface area contributed by atoms with E-state index in [1.807, 2.05) is 6.07 Å². The minimum Gasteiger partial charge on any atom is -0.381 e. The van der Waals surface area contributed by atoms with Crippen LogP contribution in [0.2, 0.25) is 0 Å². The largest absolute Gasteiger partial charge is 0.381 e. The Morgan fingerprint density at radius 3 is 2.74 bits per heavy atom. The maximum atomic E-state index is 13.2. The Kier molecular flexibility index (Phi) is 5.82. The van der Waals surface area contributed by atoms with Crippen molar-refractivity contribution in [2.45, 2.75) is 70.3 Å². The lowest BCUT2D eigenvalue weighted by Crippen LogP contribution is -2.38. The van der Waals surface area contributed by atoms with E-state index >= 15 is 0 Å². The van der Waals surface area contributed by atoms with Gasteiger partial charge in [0.05, 0.1) is 12.8 Å². The SMILES string of the molecule is CCOC[C@@]1(CCc2ccc(F)cn2)CCN(C2(c3cncc4c3CCCC4)CC2)C1. The number of halogens is 1. The highest BCUT2D eigenvalue weighted by Crippen LogP contribution is 2.56. The van der Waals surface area contributed by atoms with Crippen molar-refractivity contribution in [1.82, 2.24) is 14.9 Å². The summed E-state index contributed by atoms with van der Waals surface area (Å²) in [6.07, 6.45) is 16.1. The number of nitrogens with zero attached hydrogens (tertiary/aromatic N) is 3. The third-order valence-corrected chi connectivity index (χ3v) is 7.85. The second-order valence-electron chi connectivity index (χ2n) is 9.84. The Labute approximate surface area is 185 Å². The highest BCUT2D eigenvalue weighted by Gasteiger charge is 2.55. The van der Waals surface area contributed by atoms with Gasteiger partial charge in [-0.15, -0.1) is 0 Å². The third kappa shape index (κ3) is 4.14. The van der Waals surface area contributed by atoms with Gasteiger partial charge in [0.1, 0.15) is 5.82 Å². The van der Waals surface area contributed by atoms with E-state index in [1.54, 1.807) is 5.56 Å². The van der Waals surface area contributed by atoms with E-state index in [4.69, 9.17) is 4.74 Å². The molecule has 0 bridgehead atoms. The van der Waals surface area contributed by atoms with Gasteiger partial charge < -0.3 is 4.74 Å². The van der Waals surface area contributed by atoms with Crippen molar-refractivity contribution in [2.75, 3.05) is 26.3 Å². The molecule has 2 aromatic rings. The molecule has 0 radical (unpaired) electrons. The maximum absolute atomic E-state index is 13.2. The molecule has 2 aliphatic carbocycles. The summed E-state index contributed by atoms with van der Waals surface area (Å²) in [5.74, 6) is -0.268. The van der Waals surface area contributed by atoms with E-state index in [1.165, 1.54) is 61.9 Å². The molecule has 1 saturated heterocycles. The molecule has 5 heteroatoms. The molecule has 4 nitrogen and oxygen atoms in total. The van der Waals surface area contributed by atoms with Gasteiger partial charge in [-0.05, 0) is 100 Å². The molecular weight excluding hydrogens is 389 g/mol. The second-order valence-corrected chi connectivity index (χ2v) is 9.84. The number of likely N-dealkylation sites (tertiary alicyclic amines) is 1.